The van der Waals surface area contributed by atoms with Gasteiger partial charge in [0.2, 0.25) is 0 Å². The first-order chi connectivity index (χ1) is 6.39. The molecule has 0 fully saturated rings. The molecule has 76 valence electrons. The van der Waals surface area contributed by atoms with E-state index in [0.29, 0.717) is 4.90 Å². The van der Waals surface area contributed by atoms with E-state index in [1.54, 1.807) is 12.1 Å². The first-order valence-corrected chi connectivity index (χ1v) is 6.24. The summed E-state index contributed by atoms with van der Waals surface area (Å²) in [4.78, 5) is 0.364. The lowest BCUT2D eigenvalue weighted by Crippen LogP contribution is -1.96. The zero-order valence-electron chi connectivity index (χ0n) is 8.61. The molecule has 0 aliphatic heterocycles. The van der Waals surface area contributed by atoms with Crippen molar-refractivity contribution in [3.8, 4) is 0 Å². The molecule has 0 aliphatic rings. The highest BCUT2D eigenvalue weighted by Gasteiger charge is 2.04. The van der Waals surface area contributed by atoms with E-state index >= 15 is 0 Å². The number of hydrogen-bond donors (Lipinski definition) is 0. The van der Waals surface area contributed by atoms with E-state index in [1.165, 1.54) is 11.8 Å². The number of allylic oxidation sites excluding steroid dienone is 1. The first-order valence-electron chi connectivity index (χ1n) is 4.34. The van der Waals surface area contributed by atoms with E-state index in [-0.39, 0.29) is 0 Å². The Hall–Kier alpha value is -1.09. The Bertz CT molecular complexity index is 435. The predicted octanol–water partition coefficient (Wildman–Crippen LogP) is 2.51. The molecule has 0 saturated carbocycles. The number of rotatable bonds is 2. The van der Waals surface area contributed by atoms with Gasteiger partial charge in [0.05, 0.1) is 4.90 Å². The molecule has 0 saturated heterocycles. The Morgan fingerprint density at radius 3 is 2.00 bits per heavy atom. The van der Waals surface area contributed by atoms with Crippen LogP contribution in [0.25, 0.3) is 6.08 Å². The van der Waals surface area contributed by atoms with Crippen LogP contribution in [0.3, 0.4) is 0 Å². The van der Waals surface area contributed by atoms with E-state index in [1.807, 2.05) is 32.1 Å². The van der Waals surface area contributed by atoms with Crippen molar-refractivity contribution in [2.75, 3.05) is 6.26 Å². The fraction of sp³-hybridized carbons (Fsp3) is 0.273. The zero-order chi connectivity index (χ0) is 10.8. The summed E-state index contributed by atoms with van der Waals surface area (Å²) in [7, 11) is -3.07. The van der Waals surface area contributed by atoms with Crippen LogP contribution in [-0.4, -0.2) is 14.7 Å². The van der Waals surface area contributed by atoms with Crippen LogP contribution in [-0.2, 0) is 9.84 Å². The van der Waals surface area contributed by atoms with Crippen molar-refractivity contribution in [3.63, 3.8) is 0 Å². The zero-order valence-corrected chi connectivity index (χ0v) is 9.43. The van der Waals surface area contributed by atoms with Crippen LogP contribution in [0.1, 0.15) is 19.4 Å². The lowest BCUT2D eigenvalue weighted by atomic mass is 10.1. The van der Waals surface area contributed by atoms with E-state index < -0.39 is 9.84 Å². The second-order valence-electron chi connectivity index (χ2n) is 3.56. The molecule has 1 aromatic rings. The largest absolute Gasteiger partial charge is 0.224 e. The molecule has 0 amide bonds. The lowest BCUT2D eigenvalue weighted by Gasteiger charge is -1.99. The molecule has 0 unspecified atom stereocenters. The van der Waals surface area contributed by atoms with E-state index in [9.17, 15) is 8.42 Å². The van der Waals surface area contributed by atoms with Crippen molar-refractivity contribution in [2.24, 2.45) is 0 Å². The van der Waals surface area contributed by atoms with Gasteiger partial charge in [0, 0.05) is 6.26 Å². The third kappa shape index (κ3) is 3.00. The molecule has 0 heterocycles. The van der Waals surface area contributed by atoms with Crippen LogP contribution in [0.15, 0.2) is 34.7 Å². The second kappa shape index (κ2) is 3.96. The molecule has 1 aromatic carbocycles. The smallest absolute Gasteiger partial charge is 0.175 e. The number of sulfone groups is 1. The van der Waals surface area contributed by atoms with Crippen molar-refractivity contribution in [1.29, 1.82) is 0 Å². The minimum absolute atomic E-state index is 0.364. The minimum Gasteiger partial charge on any atom is -0.224 e. The molecule has 0 spiro atoms. The summed E-state index contributed by atoms with van der Waals surface area (Å²) in [6, 6.07) is 6.88. The van der Waals surface area contributed by atoms with Gasteiger partial charge in [-0.3, -0.25) is 0 Å². The Balaban J connectivity index is 3.08. The van der Waals surface area contributed by atoms with Gasteiger partial charge in [-0.15, -0.1) is 0 Å². The Morgan fingerprint density at radius 1 is 1.14 bits per heavy atom. The average molecular weight is 210 g/mol. The Kier molecular flexibility index (Phi) is 3.11. The quantitative estimate of drug-likeness (QED) is 0.751. The van der Waals surface area contributed by atoms with E-state index in [2.05, 4.69) is 0 Å². The van der Waals surface area contributed by atoms with Gasteiger partial charge in [0.1, 0.15) is 0 Å². The van der Waals surface area contributed by atoms with Crippen molar-refractivity contribution in [3.05, 3.63) is 35.4 Å². The Labute approximate surface area is 85.2 Å². The normalized spacial score (nSPS) is 11.1. The van der Waals surface area contributed by atoms with Gasteiger partial charge < -0.3 is 0 Å². The van der Waals surface area contributed by atoms with Crippen LogP contribution in [0, 0.1) is 0 Å². The summed E-state index contributed by atoms with van der Waals surface area (Å²) >= 11 is 0. The second-order valence-corrected chi connectivity index (χ2v) is 5.58. The van der Waals surface area contributed by atoms with E-state index in [0.717, 1.165) is 5.56 Å². The molecule has 1 rings (SSSR count). The van der Waals surface area contributed by atoms with Crippen LogP contribution in [0.5, 0.6) is 0 Å². The molecular formula is C11H14O2S. The molecule has 0 radical (unpaired) electrons. The Morgan fingerprint density at radius 2 is 1.64 bits per heavy atom. The van der Waals surface area contributed by atoms with Crippen LogP contribution < -0.4 is 0 Å². The third-order valence-corrected chi connectivity index (χ3v) is 2.89. The topological polar surface area (TPSA) is 34.1 Å². The SMILES string of the molecule is CC(C)=Cc1ccc(S(C)(=O)=O)cc1. The van der Waals surface area contributed by atoms with Crippen molar-refractivity contribution >= 4 is 15.9 Å². The standard InChI is InChI=1S/C11H14O2S/c1-9(2)8-10-4-6-11(7-5-10)14(3,12)13/h4-8H,1-3H3. The molecule has 2 nitrogen and oxygen atoms in total. The highest BCUT2D eigenvalue weighted by molar-refractivity contribution is 7.90. The summed E-state index contributed by atoms with van der Waals surface area (Å²) < 4.78 is 22.3. The maximum absolute atomic E-state index is 11.2. The predicted molar refractivity (Wildman–Crippen MR) is 58.9 cm³/mol. The maximum atomic E-state index is 11.2. The molecule has 0 aromatic heterocycles. The van der Waals surface area contributed by atoms with Crippen LogP contribution in [0.2, 0.25) is 0 Å². The molecule has 0 atom stereocenters. The van der Waals surface area contributed by atoms with Gasteiger partial charge >= 0.3 is 0 Å². The number of benzene rings is 1. The highest BCUT2D eigenvalue weighted by Crippen LogP contribution is 2.12. The van der Waals surface area contributed by atoms with Crippen molar-refractivity contribution in [2.45, 2.75) is 18.7 Å². The molecular weight excluding hydrogens is 196 g/mol. The van der Waals surface area contributed by atoms with Gasteiger partial charge in [-0.1, -0.05) is 23.8 Å². The molecule has 0 aliphatic carbocycles. The monoisotopic (exact) mass is 210 g/mol. The minimum atomic E-state index is -3.07. The summed E-state index contributed by atoms with van der Waals surface area (Å²) in [6.07, 6.45) is 3.22. The van der Waals surface area contributed by atoms with Crippen LogP contribution in [0.4, 0.5) is 0 Å². The molecule has 0 bridgehead atoms. The van der Waals surface area contributed by atoms with Gasteiger partial charge in [-0.05, 0) is 31.5 Å². The molecule has 14 heavy (non-hydrogen) atoms. The highest BCUT2D eigenvalue weighted by atomic mass is 32.2. The first kappa shape index (κ1) is 11.0. The van der Waals surface area contributed by atoms with Gasteiger partial charge in [-0.2, -0.15) is 0 Å². The summed E-state index contributed by atoms with van der Waals surface area (Å²) in [6.45, 7) is 4.01. The van der Waals surface area contributed by atoms with E-state index in [4.69, 9.17) is 0 Å². The van der Waals surface area contributed by atoms with Crippen molar-refractivity contribution < 1.29 is 8.42 Å². The number of hydrogen-bond acceptors (Lipinski definition) is 2. The van der Waals surface area contributed by atoms with Crippen molar-refractivity contribution in [1.82, 2.24) is 0 Å². The van der Waals surface area contributed by atoms with Gasteiger partial charge in [0.25, 0.3) is 0 Å². The van der Waals surface area contributed by atoms with Crippen LogP contribution >= 0.6 is 0 Å². The third-order valence-electron chi connectivity index (χ3n) is 1.76. The lowest BCUT2D eigenvalue weighted by molar-refractivity contribution is 0.602. The summed E-state index contributed by atoms with van der Waals surface area (Å²) in [5.41, 5.74) is 2.22. The maximum Gasteiger partial charge on any atom is 0.175 e. The van der Waals surface area contributed by atoms with Gasteiger partial charge in [0.15, 0.2) is 9.84 Å². The molecule has 0 N–H and O–H groups in total. The summed E-state index contributed by atoms with van der Waals surface area (Å²) in [5.74, 6) is 0. The molecule has 3 heteroatoms. The average Bonchev–Trinajstić information content (AvgIpc) is 2.02. The fourth-order valence-corrected chi connectivity index (χ4v) is 1.78. The fourth-order valence-electron chi connectivity index (χ4n) is 1.14. The summed E-state index contributed by atoms with van der Waals surface area (Å²) in [5, 5.41) is 0. The van der Waals surface area contributed by atoms with Gasteiger partial charge in [-0.25, -0.2) is 8.42 Å².